The summed E-state index contributed by atoms with van der Waals surface area (Å²) in [6.07, 6.45) is 5.15. The summed E-state index contributed by atoms with van der Waals surface area (Å²) in [5.74, 6) is 0.128. The molecule has 1 amide bonds. The number of hydrogen-bond donors (Lipinski definition) is 1. The molecule has 0 spiro atoms. The van der Waals surface area contributed by atoms with E-state index in [1.807, 2.05) is 11.4 Å². The molecule has 0 radical (unpaired) electrons. The maximum absolute atomic E-state index is 12.0. The lowest BCUT2D eigenvalue weighted by Gasteiger charge is -2.28. The summed E-state index contributed by atoms with van der Waals surface area (Å²) in [6.45, 7) is 0.482. The molecule has 1 N–H and O–H groups in total. The molecule has 1 fully saturated rings. The van der Waals surface area contributed by atoms with Gasteiger partial charge in [-0.2, -0.15) is 0 Å². The van der Waals surface area contributed by atoms with E-state index in [0.29, 0.717) is 13.0 Å². The Morgan fingerprint density at radius 2 is 2.22 bits per heavy atom. The fraction of sp³-hybridized carbons (Fsp3) is 0.643. The van der Waals surface area contributed by atoms with Crippen molar-refractivity contribution >= 4 is 17.2 Å². The largest absolute Gasteiger partial charge is 0.388 e. The fourth-order valence-corrected chi connectivity index (χ4v) is 3.31. The number of rotatable bonds is 5. The maximum Gasteiger partial charge on any atom is 0.222 e. The molecular weight excluding hydrogens is 246 g/mol. The van der Waals surface area contributed by atoms with Crippen LogP contribution in [0.2, 0.25) is 0 Å². The molecule has 0 atom stereocenters. The van der Waals surface area contributed by atoms with Crippen molar-refractivity contribution in [2.75, 3.05) is 13.6 Å². The van der Waals surface area contributed by atoms with E-state index in [0.717, 1.165) is 32.1 Å². The van der Waals surface area contributed by atoms with E-state index in [-0.39, 0.29) is 5.91 Å². The van der Waals surface area contributed by atoms with E-state index in [4.69, 9.17) is 0 Å². The molecule has 1 aromatic heterocycles. The SMILES string of the molecule is CN(CC1(O)CCCC1)C(=O)CCc1cccs1. The lowest BCUT2D eigenvalue weighted by molar-refractivity contribution is -0.133. The van der Waals surface area contributed by atoms with Crippen molar-refractivity contribution in [1.82, 2.24) is 4.90 Å². The van der Waals surface area contributed by atoms with Gasteiger partial charge in [-0.3, -0.25) is 4.79 Å². The molecule has 100 valence electrons. The minimum Gasteiger partial charge on any atom is -0.388 e. The molecule has 0 bridgehead atoms. The van der Waals surface area contributed by atoms with E-state index in [2.05, 4.69) is 6.07 Å². The number of likely N-dealkylation sites (N-methyl/N-ethyl adjacent to an activating group) is 1. The Bertz CT molecular complexity index is 383. The zero-order chi connectivity index (χ0) is 13.0. The van der Waals surface area contributed by atoms with E-state index >= 15 is 0 Å². The van der Waals surface area contributed by atoms with Crippen LogP contribution >= 0.6 is 11.3 Å². The van der Waals surface area contributed by atoms with Crippen molar-refractivity contribution < 1.29 is 9.90 Å². The van der Waals surface area contributed by atoms with Crippen molar-refractivity contribution in [3.63, 3.8) is 0 Å². The molecule has 1 aliphatic carbocycles. The molecule has 18 heavy (non-hydrogen) atoms. The smallest absolute Gasteiger partial charge is 0.222 e. The zero-order valence-electron chi connectivity index (χ0n) is 10.9. The highest BCUT2D eigenvalue weighted by Gasteiger charge is 2.33. The van der Waals surface area contributed by atoms with Crippen LogP contribution in [-0.2, 0) is 11.2 Å². The number of carbonyl (C=O) groups is 1. The third-order valence-electron chi connectivity index (χ3n) is 3.66. The molecular formula is C14H21NO2S. The Kier molecular flexibility index (Phi) is 4.40. The van der Waals surface area contributed by atoms with Gasteiger partial charge in [0, 0.05) is 24.9 Å². The van der Waals surface area contributed by atoms with Gasteiger partial charge in [-0.05, 0) is 30.7 Å². The number of aliphatic hydroxyl groups is 1. The van der Waals surface area contributed by atoms with Crippen LogP contribution in [0.15, 0.2) is 17.5 Å². The molecule has 0 aliphatic heterocycles. The van der Waals surface area contributed by atoms with Crippen molar-refractivity contribution in [2.24, 2.45) is 0 Å². The Morgan fingerprint density at radius 1 is 1.50 bits per heavy atom. The Morgan fingerprint density at radius 3 is 2.83 bits per heavy atom. The van der Waals surface area contributed by atoms with Crippen molar-refractivity contribution in [1.29, 1.82) is 0 Å². The molecule has 1 aromatic rings. The van der Waals surface area contributed by atoms with Crippen LogP contribution in [0.25, 0.3) is 0 Å². The number of thiophene rings is 1. The topological polar surface area (TPSA) is 40.5 Å². The zero-order valence-corrected chi connectivity index (χ0v) is 11.7. The highest BCUT2D eigenvalue weighted by Crippen LogP contribution is 2.30. The van der Waals surface area contributed by atoms with Crippen molar-refractivity contribution in [3.05, 3.63) is 22.4 Å². The molecule has 3 nitrogen and oxygen atoms in total. The lowest BCUT2D eigenvalue weighted by atomic mass is 10.0. The van der Waals surface area contributed by atoms with Gasteiger partial charge in [-0.15, -0.1) is 11.3 Å². The first-order chi connectivity index (χ1) is 8.59. The predicted octanol–water partition coefficient (Wildman–Crippen LogP) is 2.44. The van der Waals surface area contributed by atoms with Crippen molar-refractivity contribution in [3.8, 4) is 0 Å². The number of nitrogens with zero attached hydrogens (tertiary/aromatic N) is 1. The van der Waals surface area contributed by atoms with E-state index in [1.165, 1.54) is 4.88 Å². The Balaban J connectivity index is 1.77. The van der Waals surface area contributed by atoms with Gasteiger partial charge in [-0.25, -0.2) is 0 Å². The predicted molar refractivity (Wildman–Crippen MR) is 73.7 cm³/mol. The van der Waals surface area contributed by atoms with Gasteiger partial charge in [0.15, 0.2) is 0 Å². The summed E-state index contributed by atoms with van der Waals surface area (Å²) in [6, 6.07) is 4.07. The first-order valence-corrected chi connectivity index (χ1v) is 7.46. The standard InChI is InChI=1S/C14H21NO2S/c1-15(11-14(17)8-2-3-9-14)13(16)7-6-12-5-4-10-18-12/h4-5,10,17H,2-3,6-9,11H2,1H3. The molecule has 0 unspecified atom stereocenters. The third kappa shape index (κ3) is 3.56. The summed E-state index contributed by atoms with van der Waals surface area (Å²) in [7, 11) is 1.80. The second kappa shape index (κ2) is 5.85. The van der Waals surface area contributed by atoms with Crippen LogP contribution in [0.1, 0.15) is 37.0 Å². The van der Waals surface area contributed by atoms with Crippen LogP contribution < -0.4 is 0 Å². The van der Waals surface area contributed by atoms with Crippen LogP contribution in [0.4, 0.5) is 0 Å². The number of amides is 1. The van der Waals surface area contributed by atoms with Gasteiger partial charge in [-0.1, -0.05) is 18.9 Å². The minimum atomic E-state index is -0.632. The summed E-state index contributed by atoms with van der Waals surface area (Å²) < 4.78 is 0. The fourth-order valence-electron chi connectivity index (χ4n) is 2.60. The quantitative estimate of drug-likeness (QED) is 0.890. The third-order valence-corrected chi connectivity index (χ3v) is 4.59. The monoisotopic (exact) mass is 267 g/mol. The summed E-state index contributed by atoms with van der Waals surface area (Å²) in [4.78, 5) is 14.9. The Hall–Kier alpha value is -0.870. The van der Waals surface area contributed by atoms with Gasteiger partial charge >= 0.3 is 0 Å². The minimum absolute atomic E-state index is 0.128. The molecule has 0 aromatic carbocycles. The van der Waals surface area contributed by atoms with Crippen LogP contribution in [-0.4, -0.2) is 35.1 Å². The van der Waals surface area contributed by atoms with Gasteiger partial charge in [0.2, 0.25) is 5.91 Å². The second-order valence-corrected chi connectivity index (χ2v) is 6.29. The average molecular weight is 267 g/mol. The van der Waals surface area contributed by atoms with E-state index in [1.54, 1.807) is 23.3 Å². The molecule has 1 saturated carbocycles. The second-order valence-electron chi connectivity index (χ2n) is 5.26. The number of hydrogen-bond acceptors (Lipinski definition) is 3. The number of carbonyl (C=O) groups excluding carboxylic acids is 1. The van der Waals surface area contributed by atoms with Crippen molar-refractivity contribution in [2.45, 2.75) is 44.1 Å². The normalized spacial score (nSPS) is 17.9. The lowest BCUT2D eigenvalue weighted by Crippen LogP contribution is -2.42. The van der Waals surface area contributed by atoms with Gasteiger partial charge in [0.1, 0.15) is 0 Å². The Labute approximate surface area is 112 Å². The molecule has 1 aliphatic rings. The molecule has 1 heterocycles. The maximum atomic E-state index is 12.0. The van der Waals surface area contributed by atoms with Crippen LogP contribution in [0.5, 0.6) is 0 Å². The molecule has 0 saturated heterocycles. The number of aryl methyl sites for hydroxylation is 1. The molecule has 2 rings (SSSR count). The van der Waals surface area contributed by atoms with Gasteiger partial charge in [0.25, 0.3) is 0 Å². The van der Waals surface area contributed by atoms with Gasteiger partial charge in [0.05, 0.1) is 5.60 Å². The van der Waals surface area contributed by atoms with E-state index < -0.39 is 5.60 Å². The van der Waals surface area contributed by atoms with E-state index in [9.17, 15) is 9.90 Å². The summed E-state index contributed by atoms with van der Waals surface area (Å²) >= 11 is 1.69. The molecule has 4 heteroatoms. The van der Waals surface area contributed by atoms with Gasteiger partial charge < -0.3 is 10.0 Å². The highest BCUT2D eigenvalue weighted by atomic mass is 32.1. The van der Waals surface area contributed by atoms with Crippen LogP contribution in [0.3, 0.4) is 0 Å². The van der Waals surface area contributed by atoms with Crippen LogP contribution in [0, 0.1) is 0 Å². The first-order valence-electron chi connectivity index (χ1n) is 6.58. The first kappa shape index (κ1) is 13.6. The summed E-state index contributed by atoms with van der Waals surface area (Å²) in [5, 5.41) is 12.3. The average Bonchev–Trinajstić information content (AvgIpc) is 2.97. The highest BCUT2D eigenvalue weighted by molar-refractivity contribution is 7.09. The summed E-state index contributed by atoms with van der Waals surface area (Å²) in [5.41, 5.74) is -0.632.